The first-order valence-corrected chi connectivity index (χ1v) is 9.29. The molecule has 2 heterocycles. The van der Waals surface area contributed by atoms with Crippen LogP contribution in [0.3, 0.4) is 0 Å². The molecule has 124 valence electrons. The van der Waals surface area contributed by atoms with Crippen molar-refractivity contribution in [2.75, 3.05) is 7.05 Å². The lowest BCUT2D eigenvalue weighted by Crippen LogP contribution is -2.26. The number of hydrogen-bond donors (Lipinski definition) is 0. The fourth-order valence-corrected chi connectivity index (χ4v) is 3.60. The van der Waals surface area contributed by atoms with Crippen LogP contribution in [0.1, 0.15) is 25.9 Å². The maximum Gasteiger partial charge on any atom is 0.273 e. The second kappa shape index (κ2) is 7.59. The van der Waals surface area contributed by atoms with Gasteiger partial charge in [-0.2, -0.15) is 0 Å². The first-order chi connectivity index (χ1) is 11.6. The van der Waals surface area contributed by atoms with Gasteiger partial charge in [0.25, 0.3) is 5.91 Å². The SMILES string of the molecule is Cc1ccc(OCc2nc(C(=O)N(C)Cc3cccs3)cs2)cc1. The number of nitrogens with zero attached hydrogens (tertiary/aromatic N) is 2. The average molecular weight is 358 g/mol. The van der Waals surface area contributed by atoms with Crippen molar-refractivity contribution in [3.8, 4) is 5.75 Å². The number of carbonyl (C=O) groups excluding carboxylic acids is 1. The van der Waals surface area contributed by atoms with Gasteiger partial charge in [-0.3, -0.25) is 4.79 Å². The van der Waals surface area contributed by atoms with Gasteiger partial charge in [0.15, 0.2) is 0 Å². The molecule has 0 saturated carbocycles. The Labute approximate surface area is 149 Å². The molecule has 0 N–H and O–H groups in total. The van der Waals surface area contributed by atoms with Gasteiger partial charge in [-0.25, -0.2) is 4.98 Å². The highest BCUT2D eigenvalue weighted by molar-refractivity contribution is 7.10. The highest BCUT2D eigenvalue weighted by atomic mass is 32.1. The summed E-state index contributed by atoms with van der Waals surface area (Å²) in [7, 11) is 1.80. The lowest BCUT2D eigenvalue weighted by Gasteiger charge is -2.14. The summed E-state index contributed by atoms with van der Waals surface area (Å²) in [6, 6.07) is 11.9. The summed E-state index contributed by atoms with van der Waals surface area (Å²) >= 11 is 3.09. The molecule has 24 heavy (non-hydrogen) atoms. The van der Waals surface area contributed by atoms with E-state index < -0.39 is 0 Å². The van der Waals surface area contributed by atoms with Crippen LogP contribution in [0.2, 0.25) is 0 Å². The lowest BCUT2D eigenvalue weighted by molar-refractivity contribution is 0.0781. The van der Waals surface area contributed by atoms with E-state index in [4.69, 9.17) is 4.74 Å². The Morgan fingerprint density at radius 2 is 2.00 bits per heavy atom. The molecule has 2 aromatic heterocycles. The van der Waals surface area contributed by atoms with Crippen LogP contribution in [0.4, 0.5) is 0 Å². The summed E-state index contributed by atoms with van der Waals surface area (Å²) in [5.41, 5.74) is 1.67. The monoisotopic (exact) mass is 358 g/mol. The minimum Gasteiger partial charge on any atom is -0.486 e. The smallest absolute Gasteiger partial charge is 0.273 e. The van der Waals surface area contributed by atoms with Crippen molar-refractivity contribution in [2.45, 2.75) is 20.1 Å². The second-order valence-corrected chi connectivity index (χ2v) is 7.44. The third-order valence-electron chi connectivity index (χ3n) is 3.47. The Morgan fingerprint density at radius 3 is 2.71 bits per heavy atom. The minimum atomic E-state index is -0.0683. The third-order valence-corrected chi connectivity index (χ3v) is 5.16. The van der Waals surface area contributed by atoms with E-state index >= 15 is 0 Å². The quantitative estimate of drug-likeness (QED) is 0.657. The Balaban J connectivity index is 1.58. The molecule has 0 atom stereocenters. The number of carbonyl (C=O) groups is 1. The summed E-state index contributed by atoms with van der Waals surface area (Å²) in [5, 5.41) is 4.60. The number of amides is 1. The fourth-order valence-electron chi connectivity index (χ4n) is 2.16. The average Bonchev–Trinajstić information content (AvgIpc) is 3.25. The van der Waals surface area contributed by atoms with Crippen molar-refractivity contribution < 1.29 is 9.53 Å². The molecular weight excluding hydrogens is 340 g/mol. The summed E-state index contributed by atoms with van der Waals surface area (Å²) in [5.74, 6) is 0.736. The number of thiophene rings is 1. The van der Waals surface area contributed by atoms with Crippen molar-refractivity contribution in [1.82, 2.24) is 9.88 Å². The maximum absolute atomic E-state index is 12.4. The molecule has 1 amide bonds. The molecule has 0 fully saturated rings. The number of aryl methyl sites for hydroxylation is 1. The summed E-state index contributed by atoms with van der Waals surface area (Å²) in [6.07, 6.45) is 0. The van der Waals surface area contributed by atoms with Crippen molar-refractivity contribution in [1.29, 1.82) is 0 Å². The Bertz CT molecular complexity index is 795. The van der Waals surface area contributed by atoms with Crippen molar-refractivity contribution in [3.05, 3.63) is 68.3 Å². The zero-order chi connectivity index (χ0) is 16.9. The number of ether oxygens (including phenoxy) is 1. The summed E-state index contributed by atoms with van der Waals surface area (Å²) in [4.78, 5) is 19.7. The normalized spacial score (nSPS) is 10.6. The lowest BCUT2D eigenvalue weighted by atomic mass is 10.2. The van der Waals surface area contributed by atoms with E-state index in [1.54, 1.807) is 28.7 Å². The predicted molar refractivity (Wildman–Crippen MR) is 97.7 cm³/mol. The van der Waals surface area contributed by atoms with Crippen LogP contribution in [0.15, 0.2) is 47.2 Å². The van der Waals surface area contributed by atoms with Gasteiger partial charge < -0.3 is 9.64 Å². The fraction of sp³-hybridized carbons (Fsp3) is 0.222. The number of benzene rings is 1. The summed E-state index contributed by atoms with van der Waals surface area (Å²) in [6.45, 7) is 3.01. The standard InChI is InChI=1S/C18H18N2O2S2/c1-13-5-7-14(8-6-13)22-11-17-19-16(12-24-17)18(21)20(2)10-15-4-3-9-23-15/h3-9,12H,10-11H2,1-2H3. The highest BCUT2D eigenvalue weighted by Crippen LogP contribution is 2.18. The first-order valence-electron chi connectivity index (χ1n) is 7.53. The van der Waals surface area contributed by atoms with Crippen LogP contribution in [0.25, 0.3) is 0 Å². The first kappa shape index (κ1) is 16.7. The highest BCUT2D eigenvalue weighted by Gasteiger charge is 2.16. The number of rotatable bonds is 6. The van der Waals surface area contributed by atoms with E-state index in [0.717, 1.165) is 15.6 Å². The zero-order valence-corrected chi connectivity index (χ0v) is 15.2. The van der Waals surface area contributed by atoms with E-state index in [1.165, 1.54) is 16.9 Å². The molecule has 0 aliphatic heterocycles. The minimum absolute atomic E-state index is 0.0683. The summed E-state index contributed by atoms with van der Waals surface area (Å²) < 4.78 is 5.71. The molecule has 0 spiro atoms. The molecule has 4 nitrogen and oxygen atoms in total. The molecule has 0 aliphatic carbocycles. The van der Waals surface area contributed by atoms with Gasteiger partial charge in [0.05, 0.1) is 6.54 Å². The topological polar surface area (TPSA) is 42.4 Å². The van der Waals surface area contributed by atoms with Gasteiger partial charge in [0.1, 0.15) is 23.1 Å². The molecule has 0 radical (unpaired) electrons. The Kier molecular flexibility index (Phi) is 5.27. The molecule has 6 heteroatoms. The molecule has 3 rings (SSSR count). The van der Waals surface area contributed by atoms with Gasteiger partial charge in [0, 0.05) is 17.3 Å². The van der Waals surface area contributed by atoms with Crippen LogP contribution in [-0.4, -0.2) is 22.8 Å². The van der Waals surface area contributed by atoms with Gasteiger partial charge >= 0.3 is 0 Å². The van der Waals surface area contributed by atoms with Crippen LogP contribution in [-0.2, 0) is 13.2 Å². The van der Waals surface area contributed by atoms with E-state index in [-0.39, 0.29) is 5.91 Å². The van der Waals surface area contributed by atoms with E-state index in [1.807, 2.05) is 48.7 Å². The Morgan fingerprint density at radius 1 is 1.21 bits per heavy atom. The predicted octanol–water partition coefficient (Wildman–Crippen LogP) is 4.36. The largest absolute Gasteiger partial charge is 0.486 e. The number of aromatic nitrogens is 1. The van der Waals surface area contributed by atoms with Crippen molar-refractivity contribution in [2.24, 2.45) is 0 Å². The van der Waals surface area contributed by atoms with Crippen molar-refractivity contribution in [3.63, 3.8) is 0 Å². The van der Waals surface area contributed by atoms with E-state index in [2.05, 4.69) is 4.98 Å². The zero-order valence-electron chi connectivity index (χ0n) is 13.6. The van der Waals surface area contributed by atoms with E-state index in [0.29, 0.717) is 18.8 Å². The van der Waals surface area contributed by atoms with Gasteiger partial charge in [-0.05, 0) is 30.5 Å². The molecule has 0 bridgehead atoms. The van der Waals surface area contributed by atoms with Gasteiger partial charge in [0.2, 0.25) is 0 Å². The Hall–Kier alpha value is -2.18. The van der Waals surface area contributed by atoms with Gasteiger partial charge in [-0.15, -0.1) is 22.7 Å². The molecular formula is C18H18N2O2S2. The maximum atomic E-state index is 12.4. The molecule has 1 aromatic carbocycles. The third kappa shape index (κ3) is 4.21. The molecule has 3 aromatic rings. The van der Waals surface area contributed by atoms with Crippen LogP contribution in [0, 0.1) is 6.92 Å². The van der Waals surface area contributed by atoms with Gasteiger partial charge in [-0.1, -0.05) is 23.8 Å². The second-order valence-electron chi connectivity index (χ2n) is 5.47. The van der Waals surface area contributed by atoms with E-state index in [9.17, 15) is 4.79 Å². The van der Waals surface area contributed by atoms with Crippen molar-refractivity contribution >= 4 is 28.6 Å². The number of hydrogen-bond acceptors (Lipinski definition) is 5. The molecule has 0 saturated heterocycles. The molecule has 0 aliphatic rings. The molecule has 0 unspecified atom stereocenters. The van der Waals surface area contributed by atoms with Crippen LogP contribution < -0.4 is 4.74 Å². The van der Waals surface area contributed by atoms with Crippen LogP contribution >= 0.6 is 22.7 Å². The number of thiazole rings is 1. The van der Waals surface area contributed by atoms with Crippen LogP contribution in [0.5, 0.6) is 5.75 Å².